The molecule has 0 saturated carbocycles. The number of benzene rings is 2. The van der Waals surface area contributed by atoms with Gasteiger partial charge in [-0.3, -0.25) is 4.79 Å². The Morgan fingerprint density at radius 2 is 1.44 bits per heavy atom. The Labute approximate surface area is 184 Å². The third kappa shape index (κ3) is 4.14. The fourth-order valence-corrected chi connectivity index (χ4v) is 3.57. The Balaban J connectivity index is 2.36. The monoisotopic (exact) mass is 438 g/mol. The lowest BCUT2D eigenvalue weighted by molar-refractivity contribution is 0.399. The molecule has 0 aliphatic heterocycles. The van der Waals surface area contributed by atoms with Gasteiger partial charge in [0.1, 0.15) is 22.5 Å². The van der Waals surface area contributed by atoms with Gasteiger partial charge in [-0.05, 0) is 51.7 Å². The van der Waals surface area contributed by atoms with Gasteiger partial charge in [-0.2, -0.15) is 0 Å². The van der Waals surface area contributed by atoms with Gasteiger partial charge < -0.3 is 29.9 Å². The molecule has 0 unspecified atom stereocenters. The predicted molar refractivity (Wildman–Crippen MR) is 123 cm³/mol. The fraction of sp³-hybridized carbons (Fsp3) is 0.240. The number of hydrogen-bond acceptors (Lipinski definition) is 7. The van der Waals surface area contributed by atoms with Crippen LogP contribution in [-0.4, -0.2) is 25.5 Å². The van der Waals surface area contributed by atoms with Crippen LogP contribution >= 0.6 is 0 Å². The Morgan fingerprint density at radius 1 is 0.844 bits per heavy atom. The van der Waals surface area contributed by atoms with Crippen molar-refractivity contribution in [2.75, 3.05) is 0 Å². The maximum atomic E-state index is 13.0. The standard InChI is InChI=1S/C25H26O7/c1-12(2)5-7-14-15(9-10-17(26)21(14)29)25-23(31)22(30)20-19(28)11-18(27)16(24(20)32-25)8-6-13(3)4/h9-11,26-29,31H,1,3,5-8H2,2,4H3. The molecule has 168 valence electrons. The predicted octanol–water partition coefficient (Wildman–Crippen LogP) is 5.01. The normalized spacial score (nSPS) is 11.1. The van der Waals surface area contributed by atoms with E-state index < -0.39 is 22.7 Å². The maximum Gasteiger partial charge on any atom is 0.238 e. The van der Waals surface area contributed by atoms with Crippen molar-refractivity contribution in [1.82, 2.24) is 0 Å². The zero-order chi connectivity index (χ0) is 23.7. The second-order valence-corrected chi connectivity index (χ2v) is 8.08. The number of aromatic hydroxyl groups is 5. The first-order chi connectivity index (χ1) is 15.0. The first-order valence-electron chi connectivity index (χ1n) is 10.1. The van der Waals surface area contributed by atoms with Gasteiger partial charge >= 0.3 is 0 Å². The summed E-state index contributed by atoms with van der Waals surface area (Å²) in [7, 11) is 0. The highest BCUT2D eigenvalue weighted by Crippen LogP contribution is 2.43. The van der Waals surface area contributed by atoms with Gasteiger partial charge in [0, 0.05) is 22.8 Å². The summed E-state index contributed by atoms with van der Waals surface area (Å²) in [6.07, 6.45) is 1.53. The molecule has 32 heavy (non-hydrogen) atoms. The molecule has 3 rings (SSSR count). The van der Waals surface area contributed by atoms with Gasteiger partial charge in [0.05, 0.1) is 0 Å². The molecule has 0 spiro atoms. The number of allylic oxidation sites excluding steroid dienone is 2. The molecule has 0 aliphatic carbocycles. The molecule has 0 aliphatic rings. The lowest BCUT2D eigenvalue weighted by Crippen LogP contribution is -2.06. The average molecular weight is 438 g/mol. The fourth-order valence-electron chi connectivity index (χ4n) is 3.57. The number of phenols is 4. The van der Waals surface area contributed by atoms with Crippen molar-refractivity contribution in [2.24, 2.45) is 0 Å². The van der Waals surface area contributed by atoms with Crippen LogP contribution < -0.4 is 5.43 Å². The van der Waals surface area contributed by atoms with Gasteiger partial charge in [-0.15, -0.1) is 13.2 Å². The van der Waals surface area contributed by atoms with Crippen LogP contribution in [0.3, 0.4) is 0 Å². The van der Waals surface area contributed by atoms with Crippen molar-refractivity contribution in [1.29, 1.82) is 0 Å². The average Bonchev–Trinajstić information content (AvgIpc) is 2.70. The quantitative estimate of drug-likeness (QED) is 0.259. The van der Waals surface area contributed by atoms with E-state index in [1.807, 2.05) is 13.8 Å². The molecule has 0 radical (unpaired) electrons. The summed E-state index contributed by atoms with van der Waals surface area (Å²) in [5, 5.41) is 51.5. The highest BCUT2D eigenvalue weighted by Gasteiger charge is 2.25. The van der Waals surface area contributed by atoms with Gasteiger partial charge in [0.2, 0.25) is 11.2 Å². The Hall–Kier alpha value is -3.87. The molecular formula is C25H26O7. The number of hydrogen-bond donors (Lipinski definition) is 5. The molecule has 7 heteroatoms. The van der Waals surface area contributed by atoms with Crippen molar-refractivity contribution in [3.05, 3.63) is 63.9 Å². The Morgan fingerprint density at radius 3 is 2.03 bits per heavy atom. The van der Waals surface area contributed by atoms with E-state index in [1.54, 1.807) is 0 Å². The van der Waals surface area contributed by atoms with E-state index in [-0.39, 0.29) is 57.8 Å². The van der Waals surface area contributed by atoms with Crippen molar-refractivity contribution in [3.8, 4) is 40.1 Å². The molecular weight excluding hydrogens is 412 g/mol. The van der Waals surface area contributed by atoms with Crippen LogP contribution in [-0.2, 0) is 12.8 Å². The third-order valence-corrected chi connectivity index (χ3v) is 5.31. The summed E-state index contributed by atoms with van der Waals surface area (Å²) >= 11 is 0. The maximum absolute atomic E-state index is 13.0. The van der Waals surface area contributed by atoms with E-state index in [2.05, 4.69) is 13.2 Å². The van der Waals surface area contributed by atoms with E-state index in [4.69, 9.17) is 4.42 Å². The molecule has 2 aromatic carbocycles. The second-order valence-electron chi connectivity index (χ2n) is 8.08. The lowest BCUT2D eigenvalue weighted by atomic mass is 9.96. The molecule has 0 amide bonds. The molecule has 7 nitrogen and oxygen atoms in total. The zero-order valence-electron chi connectivity index (χ0n) is 18.0. The smallest absolute Gasteiger partial charge is 0.238 e. The third-order valence-electron chi connectivity index (χ3n) is 5.31. The van der Waals surface area contributed by atoms with E-state index in [0.29, 0.717) is 12.8 Å². The van der Waals surface area contributed by atoms with Crippen LogP contribution in [0.2, 0.25) is 0 Å². The molecule has 3 aromatic rings. The summed E-state index contributed by atoms with van der Waals surface area (Å²) < 4.78 is 5.91. The van der Waals surface area contributed by atoms with E-state index >= 15 is 0 Å². The minimum atomic E-state index is -0.881. The minimum Gasteiger partial charge on any atom is -0.507 e. The summed E-state index contributed by atoms with van der Waals surface area (Å²) in [6, 6.07) is 3.68. The first kappa shape index (κ1) is 22.8. The van der Waals surface area contributed by atoms with Gasteiger partial charge in [-0.1, -0.05) is 11.1 Å². The van der Waals surface area contributed by atoms with Crippen molar-refractivity contribution >= 4 is 11.0 Å². The van der Waals surface area contributed by atoms with E-state index in [0.717, 1.165) is 17.2 Å². The summed E-state index contributed by atoms with van der Waals surface area (Å²) in [5.41, 5.74) is 1.47. The SMILES string of the molecule is C=C(C)CCc1c(-c2oc3c(CCC(=C)C)c(O)cc(O)c3c(=O)c2O)ccc(O)c1O. The zero-order valence-corrected chi connectivity index (χ0v) is 18.0. The molecule has 0 atom stereocenters. The highest BCUT2D eigenvalue weighted by atomic mass is 16.4. The number of phenolic OH excluding ortho intramolecular Hbond substituents is 4. The first-order valence-corrected chi connectivity index (χ1v) is 10.1. The molecule has 1 aromatic heterocycles. The largest absolute Gasteiger partial charge is 0.507 e. The van der Waals surface area contributed by atoms with Crippen LogP contribution in [0.15, 0.2) is 51.7 Å². The van der Waals surface area contributed by atoms with E-state index in [9.17, 15) is 30.3 Å². The minimum absolute atomic E-state index is 0.0695. The Bertz CT molecular complexity index is 1300. The molecule has 1 heterocycles. The number of rotatable bonds is 7. The summed E-state index contributed by atoms with van der Waals surface area (Å²) in [4.78, 5) is 13.0. The van der Waals surface area contributed by atoms with Crippen LogP contribution in [0.4, 0.5) is 0 Å². The lowest BCUT2D eigenvalue weighted by Gasteiger charge is -2.15. The van der Waals surface area contributed by atoms with Gasteiger partial charge in [0.15, 0.2) is 17.3 Å². The molecule has 0 bridgehead atoms. The molecule has 5 N–H and O–H groups in total. The van der Waals surface area contributed by atoms with Crippen molar-refractivity contribution < 1.29 is 29.9 Å². The summed E-state index contributed by atoms with van der Waals surface area (Å²) in [6.45, 7) is 11.3. The van der Waals surface area contributed by atoms with Crippen LogP contribution in [0.5, 0.6) is 28.7 Å². The van der Waals surface area contributed by atoms with E-state index in [1.165, 1.54) is 12.1 Å². The molecule has 0 saturated heterocycles. The topological polar surface area (TPSA) is 131 Å². The summed E-state index contributed by atoms with van der Waals surface area (Å²) in [5.74, 6) is -2.53. The van der Waals surface area contributed by atoms with Crippen LogP contribution in [0.25, 0.3) is 22.3 Å². The second kappa shape index (κ2) is 8.70. The van der Waals surface area contributed by atoms with Crippen LogP contribution in [0, 0.1) is 0 Å². The van der Waals surface area contributed by atoms with Crippen molar-refractivity contribution in [3.63, 3.8) is 0 Å². The molecule has 0 fully saturated rings. The highest BCUT2D eigenvalue weighted by molar-refractivity contribution is 5.91. The number of aryl methyl sites for hydroxylation is 1. The van der Waals surface area contributed by atoms with Crippen LogP contribution in [0.1, 0.15) is 37.8 Å². The van der Waals surface area contributed by atoms with Gasteiger partial charge in [-0.25, -0.2) is 0 Å². The van der Waals surface area contributed by atoms with Gasteiger partial charge in [0.25, 0.3) is 0 Å². The number of fused-ring (bicyclic) bond motifs is 1. The Kier molecular flexibility index (Phi) is 6.20. The van der Waals surface area contributed by atoms with Crippen molar-refractivity contribution in [2.45, 2.75) is 39.5 Å².